The van der Waals surface area contributed by atoms with Gasteiger partial charge in [-0.3, -0.25) is 0 Å². The molecule has 0 aliphatic carbocycles. The number of rotatable bonds is 6. The number of imidazole rings is 1. The highest BCUT2D eigenvalue weighted by atomic mass is 16.5. The van der Waals surface area contributed by atoms with Crippen molar-refractivity contribution in [2.75, 3.05) is 13.7 Å². The summed E-state index contributed by atoms with van der Waals surface area (Å²) in [5.41, 5.74) is 0. The maximum atomic E-state index is 5.76. The van der Waals surface area contributed by atoms with E-state index in [4.69, 9.17) is 9.15 Å². The highest BCUT2D eigenvalue weighted by molar-refractivity contribution is 5.47. The fraction of sp³-hybridized carbons (Fsp3) is 0.462. The van der Waals surface area contributed by atoms with E-state index >= 15 is 0 Å². The van der Waals surface area contributed by atoms with Gasteiger partial charge in [-0.2, -0.15) is 0 Å². The highest BCUT2D eigenvalue weighted by Gasteiger charge is 2.10. The number of nitrogens with zero attached hydrogens (tertiary/aromatic N) is 2. The summed E-state index contributed by atoms with van der Waals surface area (Å²) in [4.78, 5) is 4.33. The summed E-state index contributed by atoms with van der Waals surface area (Å²) in [6, 6.07) is 4.00. The first-order valence-corrected chi connectivity index (χ1v) is 5.94. The number of ether oxygens (including phenoxy) is 1. The van der Waals surface area contributed by atoms with Crippen LogP contribution in [0.3, 0.4) is 0 Å². The summed E-state index contributed by atoms with van der Waals surface area (Å²) >= 11 is 0. The van der Waals surface area contributed by atoms with Crippen LogP contribution in [0, 0.1) is 0 Å². The molecule has 0 saturated carbocycles. The Kier molecular flexibility index (Phi) is 3.98. The van der Waals surface area contributed by atoms with Crippen molar-refractivity contribution >= 4 is 0 Å². The largest absolute Gasteiger partial charge is 0.458 e. The third-order valence-corrected chi connectivity index (χ3v) is 2.63. The summed E-state index contributed by atoms with van der Waals surface area (Å²) in [7, 11) is 1.70. The van der Waals surface area contributed by atoms with Crippen molar-refractivity contribution in [2.24, 2.45) is 0 Å². The first-order valence-electron chi connectivity index (χ1n) is 5.94. The van der Waals surface area contributed by atoms with Crippen LogP contribution in [-0.2, 0) is 17.7 Å². The normalized spacial score (nSPS) is 10.9. The molecule has 0 fully saturated rings. The number of hydrogen-bond acceptors (Lipinski definition) is 3. The molecule has 0 saturated heterocycles. The number of aryl methyl sites for hydroxylation is 1. The quantitative estimate of drug-likeness (QED) is 0.771. The highest BCUT2D eigenvalue weighted by Crippen LogP contribution is 2.21. The van der Waals surface area contributed by atoms with Gasteiger partial charge in [-0.15, -0.1) is 0 Å². The molecule has 4 nitrogen and oxygen atoms in total. The standard InChI is InChI=1S/C13H18N2O2/c1-3-4-11-5-6-12(17-11)13-14-7-8-15(13)9-10-16-2/h5-8H,3-4,9-10H2,1-2H3. The van der Waals surface area contributed by atoms with Crippen molar-refractivity contribution in [3.05, 3.63) is 30.3 Å². The third kappa shape index (κ3) is 2.77. The maximum Gasteiger partial charge on any atom is 0.176 e. The van der Waals surface area contributed by atoms with Gasteiger partial charge in [0.2, 0.25) is 0 Å². The molecule has 2 aromatic rings. The first-order chi connectivity index (χ1) is 8.35. The van der Waals surface area contributed by atoms with Gasteiger partial charge in [-0.05, 0) is 18.6 Å². The molecule has 0 amide bonds. The Labute approximate surface area is 101 Å². The minimum Gasteiger partial charge on any atom is -0.458 e. The van der Waals surface area contributed by atoms with Gasteiger partial charge in [0.25, 0.3) is 0 Å². The van der Waals surface area contributed by atoms with E-state index in [0.717, 1.165) is 36.7 Å². The minimum absolute atomic E-state index is 0.673. The molecule has 0 spiro atoms. The minimum atomic E-state index is 0.673. The van der Waals surface area contributed by atoms with Crippen molar-refractivity contribution in [2.45, 2.75) is 26.3 Å². The zero-order valence-electron chi connectivity index (χ0n) is 10.3. The lowest BCUT2D eigenvalue weighted by Gasteiger charge is -2.04. The van der Waals surface area contributed by atoms with E-state index in [1.165, 1.54) is 0 Å². The lowest BCUT2D eigenvalue weighted by Crippen LogP contribution is -2.04. The molecular weight excluding hydrogens is 216 g/mol. The van der Waals surface area contributed by atoms with E-state index in [-0.39, 0.29) is 0 Å². The van der Waals surface area contributed by atoms with Crippen LogP contribution in [0.5, 0.6) is 0 Å². The Morgan fingerprint density at radius 3 is 3.06 bits per heavy atom. The topological polar surface area (TPSA) is 40.2 Å². The van der Waals surface area contributed by atoms with E-state index in [1.807, 2.05) is 22.9 Å². The molecule has 2 heterocycles. The molecule has 17 heavy (non-hydrogen) atoms. The molecule has 0 aliphatic rings. The number of aromatic nitrogens is 2. The summed E-state index contributed by atoms with van der Waals surface area (Å²) in [5.74, 6) is 2.71. The average Bonchev–Trinajstić information content (AvgIpc) is 2.94. The zero-order chi connectivity index (χ0) is 12.1. The molecule has 4 heteroatoms. The lowest BCUT2D eigenvalue weighted by atomic mass is 10.3. The van der Waals surface area contributed by atoms with Crippen LogP contribution in [0.4, 0.5) is 0 Å². The first kappa shape index (κ1) is 11.9. The average molecular weight is 234 g/mol. The molecular formula is C13H18N2O2. The van der Waals surface area contributed by atoms with E-state index in [2.05, 4.69) is 11.9 Å². The fourth-order valence-corrected chi connectivity index (χ4v) is 1.78. The van der Waals surface area contributed by atoms with Crippen LogP contribution in [0.1, 0.15) is 19.1 Å². The molecule has 2 rings (SSSR count). The predicted octanol–water partition coefficient (Wildman–Crippen LogP) is 2.74. The number of hydrogen-bond donors (Lipinski definition) is 0. The summed E-state index contributed by atoms with van der Waals surface area (Å²) in [6.07, 6.45) is 5.78. The van der Waals surface area contributed by atoms with Crippen LogP contribution in [0.15, 0.2) is 28.9 Å². The van der Waals surface area contributed by atoms with Crippen LogP contribution in [0.25, 0.3) is 11.6 Å². The van der Waals surface area contributed by atoms with E-state index < -0.39 is 0 Å². The van der Waals surface area contributed by atoms with Gasteiger partial charge < -0.3 is 13.7 Å². The molecule has 0 N–H and O–H groups in total. The van der Waals surface area contributed by atoms with Gasteiger partial charge in [0.1, 0.15) is 5.76 Å². The predicted molar refractivity (Wildman–Crippen MR) is 65.8 cm³/mol. The Balaban J connectivity index is 2.17. The van der Waals surface area contributed by atoms with Gasteiger partial charge >= 0.3 is 0 Å². The van der Waals surface area contributed by atoms with Gasteiger partial charge in [0.15, 0.2) is 11.6 Å². The van der Waals surface area contributed by atoms with Crippen molar-refractivity contribution in [1.82, 2.24) is 9.55 Å². The third-order valence-electron chi connectivity index (χ3n) is 2.63. The Hall–Kier alpha value is -1.55. The Morgan fingerprint density at radius 2 is 2.29 bits per heavy atom. The molecule has 92 valence electrons. The summed E-state index contributed by atoms with van der Waals surface area (Å²) < 4.78 is 12.9. The maximum absolute atomic E-state index is 5.76. The van der Waals surface area contributed by atoms with Crippen molar-refractivity contribution in [3.63, 3.8) is 0 Å². The van der Waals surface area contributed by atoms with Crippen molar-refractivity contribution in [1.29, 1.82) is 0 Å². The second-order valence-corrected chi connectivity index (χ2v) is 3.95. The molecule has 2 aromatic heterocycles. The second-order valence-electron chi connectivity index (χ2n) is 3.95. The Bertz CT molecular complexity index is 459. The van der Waals surface area contributed by atoms with Crippen LogP contribution >= 0.6 is 0 Å². The van der Waals surface area contributed by atoms with Gasteiger partial charge in [0.05, 0.1) is 6.61 Å². The van der Waals surface area contributed by atoms with Crippen molar-refractivity contribution in [3.8, 4) is 11.6 Å². The zero-order valence-corrected chi connectivity index (χ0v) is 10.3. The summed E-state index contributed by atoms with van der Waals surface area (Å²) in [6.45, 7) is 3.60. The summed E-state index contributed by atoms with van der Waals surface area (Å²) in [5, 5.41) is 0. The van der Waals surface area contributed by atoms with Crippen molar-refractivity contribution < 1.29 is 9.15 Å². The fourth-order valence-electron chi connectivity index (χ4n) is 1.78. The second kappa shape index (κ2) is 5.68. The Morgan fingerprint density at radius 1 is 1.41 bits per heavy atom. The van der Waals surface area contributed by atoms with Gasteiger partial charge in [-0.25, -0.2) is 4.98 Å². The van der Waals surface area contributed by atoms with Gasteiger partial charge in [-0.1, -0.05) is 6.92 Å². The van der Waals surface area contributed by atoms with Crippen LogP contribution in [0.2, 0.25) is 0 Å². The van der Waals surface area contributed by atoms with Gasteiger partial charge in [0, 0.05) is 32.5 Å². The van der Waals surface area contributed by atoms with E-state index in [1.54, 1.807) is 13.3 Å². The van der Waals surface area contributed by atoms with Crippen LogP contribution < -0.4 is 0 Å². The molecule has 0 unspecified atom stereocenters. The molecule has 0 bridgehead atoms. The molecule has 0 aromatic carbocycles. The number of furan rings is 1. The molecule has 0 atom stereocenters. The number of methoxy groups -OCH3 is 1. The van der Waals surface area contributed by atoms with E-state index in [0.29, 0.717) is 6.61 Å². The lowest BCUT2D eigenvalue weighted by molar-refractivity contribution is 0.187. The molecule has 0 aliphatic heterocycles. The SMILES string of the molecule is CCCc1ccc(-c2nccn2CCOC)o1. The van der Waals surface area contributed by atoms with E-state index in [9.17, 15) is 0 Å². The monoisotopic (exact) mass is 234 g/mol. The van der Waals surface area contributed by atoms with Crippen LogP contribution in [-0.4, -0.2) is 23.3 Å². The molecule has 0 radical (unpaired) electrons. The smallest absolute Gasteiger partial charge is 0.176 e.